The molecule has 138 valence electrons. The van der Waals surface area contributed by atoms with Gasteiger partial charge in [0.15, 0.2) is 6.61 Å². The Bertz CT molecular complexity index is 792. The number of rotatable bonds is 6. The van der Waals surface area contributed by atoms with Crippen molar-refractivity contribution in [3.8, 4) is 5.75 Å². The minimum Gasteiger partial charge on any atom is -0.484 e. The van der Waals surface area contributed by atoms with E-state index in [9.17, 15) is 9.59 Å². The molecule has 2 aromatic rings. The number of ether oxygens (including phenoxy) is 1. The molecule has 0 bridgehead atoms. The van der Waals surface area contributed by atoms with Gasteiger partial charge in [-0.1, -0.05) is 29.3 Å². The van der Waals surface area contributed by atoms with Gasteiger partial charge in [0.1, 0.15) is 5.75 Å². The third-order valence-electron chi connectivity index (χ3n) is 3.70. The second-order valence-electron chi connectivity index (χ2n) is 6.01. The highest BCUT2D eigenvalue weighted by atomic mass is 35.5. The van der Waals surface area contributed by atoms with Crippen LogP contribution in [0.1, 0.15) is 15.9 Å². The predicted molar refractivity (Wildman–Crippen MR) is 103 cm³/mol. The van der Waals surface area contributed by atoms with Crippen LogP contribution in [0.3, 0.4) is 0 Å². The van der Waals surface area contributed by atoms with E-state index in [1.165, 1.54) is 4.90 Å². The van der Waals surface area contributed by atoms with Gasteiger partial charge in [0.25, 0.3) is 11.8 Å². The summed E-state index contributed by atoms with van der Waals surface area (Å²) >= 11 is 11.9. The van der Waals surface area contributed by atoms with Gasteiger partial charge in [0.05, 0.1) is 10.0 Å². The number of benzene rings is 2. The molecule has 0 aliphatic rings. The molecule has 2 amide bonds. The van der Waals surface area contributed by atoms with Gasteiger partial charge in [-0.2, -0.15) is 0 Å². The summed E-state index contributed by atoms with van der Waals surface area (Å²) in [7, 11) is 5.07. The molecule has 0 aliphatic heterocycles. The Morgan fingerprint density at radius 3 is 2.19 bits per heavy atom. The number of carbonyl (C=O) groups excluding carboxylic acids is 2. The molecule has 0 N–H and O–H groups in total. The molecule has 0 saturated carbocycles. The Balaban J connectivity index is 1.89. The van der Waals surface area contributed by atoms with E-state index in [-0.39, 0.29) is 18.4 Å². The van der Waals surface area contributed by atoms with E-state index in [0.29, 0.717) is 27.9 Å². The lowest BCUT2D eigenvalue weighted by molar-refractivity contribution is -0.132. The summed E-state index contributed by atoms with van der Waals surface area (Å²) in [6.07, 6.45) is 0. The topological polar surface area (TPSA) is 49.9 Å². The van der Waals surface area contributed by atoms with Gasteiger partial charge in [-0.25, -0.2) is 0 Å². The van der Waals surface area contributed by atoms with Gasteiger partial charge >= 0.3 is 0 Å². The van der Waals surface area contributed by atoms with E-state index in [0.717, 1.165) is 5.56 Å². The zero-order valence-electron chi connectivity index (χ0n) is 14.8. The lowest BCUT2D eigenvalue weighted by atomic mass is 10.2. The predicted octanol–water partition coefficient (Wildman–Crippen LogP) is 3.73. The molecule has 0 unspecified atom stereocenters. The summed E-state index contributed by atoms with van der Waals surface area (Å²) in [5.41, 5.74) is 1.44. The average Bonchev–Trinajstić information content (AvgIpc) is 2.62. The van der Waals surface area contributed by atoms with Gasteiger partial charge in [0.2, 0.25) is 0 Å². The van der Waals surface area contributed by atoms with Gasteiger partial charge in [0, 0.05) is 33.3 Å². The highest BCUT2D eigenvalue weighted by Crippen LogP contribution is 2.23. The first-order chi connectivity index (χ1) is 12.3. The number of halogens is 2. The lowest BCUT2D eigenvalue weighted by Gasteiger charge is -2.18. The van der Waals surface area contributed by atoms with Crippen LogP contribution in [-0.4, -0.2) is 49.4 Å². The van der Waals surface area contributed by atoms with Gasteiger partial charge in [-0.05, 0) is 42.0 Å². The smallest absolute Gasteiger partial charge is 0.260 e. The lowest BCUT2D eigenvalue weighted by Crippen LogP contribution is -2.31. The first-order valence-electron chi connectivity index (χ1n) is 7.90. The van der Waals surface area contributed by atoms with Crippen molar-refractivity contribution in [2.45, 2.75) is 6.54 Å². The van der Waals surface area contributed by atoms with Crippen molar-refractivity contribution < 1.29 is 14.3 Å². The van der Waals surface area contributed by atoms with Crippen LogP contribution >= 0.6 is 23.2 Å². The van der Waals surface area contributed by atoms with Crippen molar-refractivity contribution in [3.63, 3.8) is 0 Å². The van der Waals surface area contributed by atoms with Crippen LogP contribution in [0.2, 0.25) is 10.0 Å². The summed E-state index contributed by atoms with van der Waals surface area (Å²) in [6, 6.07) is 11.9. The minimum absolute atomic E-state index is 0.0889. The molecule has 7 heteroatoms. The molecule has 5 nitrogen and oxygen atoms in total. The van der Waals surface area contributed by atoms with Gasteiger partial charge in [-0.3, -0.25) is 9.59 Å². The Hall–Kier alpha value is -2.24. The minimum atomic E-state index is -0.176. The summed E-state index contributed by atoms with van der Waals surface area (Å²) < 4.78 is 5.50. The third kappa shape index (κ3) is 5.38. The zero-order chi connectivity index (χ0) is 19.3. The molecular weight excluding hydrogens is 375 g/mol. The Kier molecular flexibility index (Phi) is 6.89. The van der Waals surface area contributed by atoms with E-state index in [1.54, 1.807) is 62.4 Å². The molecule has 0 saturated heterocycles. The molecule has 0 fully saturated rings. The summed E-state index contributed by atoms with van der Waals surface area (Å²) in [5.74, 6) is 0.259. The second-order valence-corrected chi connectivity index (χ2v) is 6.83. The molecule has 2 aromatic carbocycles. The van der Waals surface area contributed by atoms with E-state index in [2.05, 4.69) is 0 Å². The van der Waals surface area contributed by atoms with Crippen molar-refractivity contribution in [2.24, 2.45) is 0 Å². The highest BCUT2D eigenvalue weighted by Gasteiger charge is 2.12. The molecule has 0 aromatic heterocycles. The molecule has 0 radical (unpaired) electrons. The third-order valence-corrected chi connectivity index (χ3v) is 4.44. The largest absolute Gasteiger partial charge is 0.484 e. The summed E-state index contributed by atoms with van der Waals surface area (Å²) in [5, 5.41) is 0.928. The van der Waals surface area contributed by atoms with Crippen molar-refractivity contribution in [3.05, 3.63) is 63.6 Å². The Labute approximate surface area is 163 Å². The number of amides is 2. The Morgan fingerprint density at radius 2 is 1.62 bits per heavy atom. The fourth-order valence-electron chi connectivity index (χ4n) is 2.21. The average molecular weight is 395 g/mol. The highest BCUT2D eigenvalue weighted by molar-refractivity contribution is 6.42. The Morgan fingerprint density at radius 1 is 0.962 bits per heavy atom. The molecule has 2 rings (SSSR count). The van der Waals surface area contributed by atoms with Crippen LogP contribution < -0.4 is 4.74 Å². The number of carbonyl (C=O) groups is 2. The van der Waals surface area contributed by atoms with E-state index in [4.69, 9.17) is 27.9 Å². The van der Waals surface area contributed by atoms with Crippen molar-refractivity contribution >= 4 is 35.0 Å². The van der Waals surface area contributed by atoms with Crippen molar-refractivity contribution in [1.29, 1.82) is 0 Å². The SMILES string of the molecule is CN(C)C(=O)c1ccc(OCC(=O)N(C)Cc2ccc(Cl)c(Cl)c2)cc1. The maximum absolute atomic E-state index is 12.2. The van der Waals surface area contributed by atoms with E-state index in [1.807, 2.05) is 6.07 Å². The van der Waals surface area contributed by atoms with Gasteiger partial charge < -0.3 is 14.5 Å². The summed E-state index contributed by atoms with van der Waals surface area (Å²) in [6.45, 7) is 0.300. The molecule has 0 aliphatic carbocycles. The molecule has 0 atom stereocenters. The molecule has 0 heterocycles. The van der Waals surface area contributed by atoms with Crippen LogP contribution in [0.15, 0.2) is 42.5 Å². The maximum Gasteiger partial charge on any atom is 0.260 e. The normalized spacial score (nSPS) is 10.3. The van der Waals surface area contributed by atoms with Crippen LogP contribution in [0, 0.1) is 0 Å². The standard InChI is InChI=1S/C19H20Cl2N2O3/c1-22(2)19(25)14-5-7-15(8-6-14)26-12-18(24)23(3)11-13-4-9-16(20)17(21)10-13/h4-10H,11-12H2,1-3H3. The number of hydrogen-bond donors (Lipinski definition) is 0. The van der Waals surface area contributed by atoms with Crippen molar-refractivity contribution in [1.82, 2.24) is 9.80 Å². The maximum atomic E-state index is 12.2. The second kappa shape index (κ2) is 8.92. The first kappa shape index (κ1) is 20.1. The van der Waals surface area contributed by atoms with Crippen LogP contribution in [0.5, 0.6) is 5.75 Å². The van der Waals surface area contributed by atoms with Crippen LogP contribution in [0.25, 0.3) is 0 Å². The van der Waals surface area contributed by atoms with E-state index >= 15 is 0 Å². The number of nitrogens with zero attached hydrogens (tertiary/aromatic N) is 2. The summed E-state index contributed by atoms with van der Waals surface area (Å²) in [4.78, 5) is 27.1. The monoisotopic (exact) mass is 394 g/mol. The van der Waals surface area contributed by atoms with Crippen LogP contribution in [0.4, 0.5) is 0 Å². The molecule has 0 spiro atoms. The van der Waals surface area contributed by atoms with Gasteiger partial charge in [-0.15, -0.1) is 0 Å². The fraction of sp³-hybridized carbons (Fsp3) is 0.263. The zero-order valence-corrected chi connectivity index (χ0v) is 16.3. The first-order valence-corrected chi connectivity index (χ1v) is 8.66. The van der Waals surface area contributed by atoms with E-state index < -0.39 is 0 Å². The molecular formula is C19H20Cl2N2O3. The number of likely N-dealkylation sites (N-methyl/N-ethyl adjacent to an activating group) is 1. The quantitative estimate of drug-likeness (QED) is 0.749. The number of hydrogen-bond acceptors (Lipinski definition) is 3. The van der Waals surface area contributed by atoms with Crippen LogP contribution in [-0.2, 0) is 11.3 Å². The molecule has 26 heavy (non-hydrogen) atoms. The fourth-order valence-corrected chi connectivity index (χ4v) is 2.53. The van der Waals surface area contributed by atoms with Crippen molar-refractivity contribution in [2.75, 3.05) is 27.7 Å².